The molecule has 0 radical (unpaired) electrons. The highest BCUT2D eigenvalue weighted by molar-refractivity contribution is 6.33. The fraction of sp³-hybridized carbons (Fsp3) is 0.600. The fourth-order valence-corrected chi connectivity index (χ4v) is 3.50. The van der Waals surface area contributed by atoms with Crippen LogP contribution in [0.5, 0.6) is 0 Å². The van der Waals surface area contributed by atoms with Crippen LogP contribution in [0.3, 0.4) is 0 Å². The minimum absolute atomic E-state index is 0.0774. The Hall–Kier alpha value is -1.29. The van der Waals surface area contributed by atoms with Crippen molar-refractivity contribution in [3.63, 3.8) is 0 Å². The Labute approximate surface area is 124 Å². The zero-order valence-corrected chi connectivity index (χ0v) is 12.5. The van der Waals surface area contributed by atoms with Crippen LogP contribution < -0.4 is 5.32 Å². The van der Waals surface area contributed by atoms with E-state index in [9.17, 15) is 4.79 Å². The Morgan fingerprint density at radius 3 is 3.00 bits per heavy atom. The van der Waals surface area contributed by atoms with Crippen LogP contribution in [0.15, 0.2) is 12.3 Å². The maximum atomic E-state index is 12.5. The summed E-state index contributed by atoms with van der Waals surface area (Å²) in [4.78, 5) is 18.8. The number of nitrogens with one attached hydrogen (secondary N) is 1. The molecule has 2 bridgehead atoms. The van der Waals surface area contributed by atoms with Gasteiger partial charge < -0.3 is 10.2 Å². The Kier molecular flexibility index (Phi) is 3.83. The normalized spacial score (nSPS) is 24.2. The van der Waals surface area contributed by atoms with Gasteiger partial charge in [0.15, 0.2) is 0 Å². The van der Waals surface area contributed by atoms with Crippen molar-refractivity contribution in [3.05, 3.63) is 22.8 Å². The third-order valence-corrected chi connectivity index (χ3v) is 4.59. The van der Waals surface area contributed by atoms with Crippen LogP contribution in [0.4, 0.5) is 5.82 Å². The van der Waals surface area contributed by atoms with Gasteiger partial charge >= 0.3 is 0 Å². The third kappa shape index (κ3) is 2.49. The number of aromatic nitrogens is 1. The zero-order chi connectivity index (χ0) is 14.1. The molecule has 2 fully saturated rings. The van der Waals surface area contributed by atoms with E-state index < -0.39 is 0 Å². The van der Waals surface area contributed by atoms with E-state index in [-0.39, 0.29) is 5.91 Å². The summed E-state index contributed by atoms with van der Waals surface area (Å²) in [7, 11) is 0. The highest BCUT2D eigenvalue weighted by Crippen LogP contribution is 2.38. The Morgan fingerprint density at radius 2 is 2.40 bits per heavy atom. The fourth-order valence-electron chi connectivity index (χ4n) is 3.27. The van der Waals surface area contributed by atoms with Gasteiger partial charge in [-0.15, -0.1) is 0 Å². The molecule has 1 aliphatic heterocycles. The predicted octanol–water partition coefficient (Wildman–Crippen LogP) is 3.18. The van der Waals surface area contributed by atoms with Gasteiger partial charge in [0.05, 0.1) is 10.6 Å². The molecule has 20 heavy (non-hydrogen) atoms. The molecule has 1 aromatic rings. The monoisotopic (exact) mass is 293 g/mol. The first-order valence-corrected chi connectivity index (χ1v) is 7.77. The highest BCUT2D eigenvalue weighted by atomic mass is 35.5. The number of likely N-dealkylation sites (tertiary alicyclic amines) is 1. The van der Waals surface area contributed by atoms with E-state index in [2.05, 4.69) is 17.2 Å². The zero-order valence-electron chi connectivity index (χ0n) is 11.7. The molecule has 108 valence electrons. The highest BCUT2D eigenvalue weighted by Gasteiger charge is 2.40. The van der Waals surface area contributed by atoms with Crippen LogP contribution in [-0.2, 0) is 0 Å². The first-order valence-electron chi connectivity index (χ1n) is 7.39. The summed E-state index contributed by atoms with van der Waals surface area (Å²) >= 11 is 6.20. The second-order valence-electron chi connectivity index (χ2n) is 5.77. The van der Waals surface area contributed by atoms with E-state index >= 15 is 0 Å². The van der Waals surface area contributed by atoms with E-state index in [1.54, 1.807) is 12.3 Å². The molecule has 1 aliphatic carbocycles. The number of hydrogen-bond donors (Lipinski definition) is 1. The number of piperidine rings is 1. The number of carbonyl (C=O) groups is 1. The number of hydrogen-bond acceptors (Lipinski definition) is 3. The van der Waals surface area contributed by atoms with Gasteiger partial charge in [0.2, 0.25) is 0 Å². The smallest absolute Gasteiger partial charge is 0.255 e. The van der Waals surface area contributed by atoms with Gasteiger partial charge in [-0.1, -0.05) is 18.5 Å². The average Bonchev–Trinajstić information content (AvgIpc) is 3.08. The Bertz CT molecular complexity index is 520. The Morgan fingerprint density at radius 1 is 1.55 bits per heavy atom. The molecule has 3 rings (SSSR count). The van der Waals surface area contributed by atoms with Crippen LogP contribution in [0.2, 0.25) is 5.02 Å². The number of fused-ring (bicyclic) bond motifs is 2. The number of pyridine rings is 1. The van der Waals surface area contributed by atoms with Gasteiger partial charge in [0.1, 0.15) is 5.82 Å². The van der Waals surface area contributed by atoms with Gasteiger partial charge in [-0.05, 0) is 37.7 Å². The van der Waals surface area contributed by atoms with Gasteiger partial charge in [0.25, 0.3) is 5.91 Å². The summed E-state index contributed by atoms with van der Waals surface area (Å²) in [6, 6.07) is 2.17. The second-order valence-corrected chi connectivity index (χ2v) is 6.18. The predicted molar refractivity (Wildman–Crippen MR) is 80.2 cm³/mol. The van der Waals surface area contributed by atoms with Gasteiger partial charge in [-0.3, -0.25) is 4.79 Å². The summed E-state index contributed by atoms with van der Waals surface area (Å²) in [5.41, 5.74) is 0.601. The van der Waals surface area contributed by atoms with Gasteiger partial charge in [-0.25, -0.2) is 4.98 Å². The summed E-state index contributed by atoms with van der Waals surface area (Å²) < 4.78 is 0. The molecule has 1 aromatic heterocycles. The van der Waals surface area contributed by atoms with E-state index in [1.165, 1.54) is 12.8 Å². The first-order chi connectivity index (χ1) is 9.69. The molecule has 1 amide bonds. The van der Waals surface area contributed by atoms with E-state index in [1.807, 2.05) is 4.90 Å². The minimum Gasteiger partial charge on any atom is -0.369 e. The van der Waals surface area contributed by atoms with Crippen molar-refractivity contribution in [1.29, 1.82) is 0 Å². The number of rotatable bonds is 4. The molecule has 1 N–H and O–H groups in total. The maximum absolute atomic E-state index is 12.5. The molecular weight excluding hydrogens is 274 g/mol. The molecule has 0 aromatic carbocycles. The minimum atomic E-state index is 0.0774. The Balaban J connectivity index is 1.73. The molecule has 2 atom stereocenters. The van der Waals surface area contributed by atoms with Crippen LogP contribution in [0.25, 0.3) is 0 Å². The SMILES string of the molecule is CCCNc1ncc(C(=O)N2CC3CCC2C3)cc1Cl. The van der Waals surface area contributed by atoms with Gasteiger partial charge in [-0.2, -0.15) is 0 Å². The summed E-state index contributed by atoms with van der Waals surface area (Å²) in [6.07, 6.45) is 6.23. The molecule has 1 saturated carbocycles. The van der Waals surface area contributed by atoms with E-state index in [0.717, 1.165) is 25.9 Å². The van der Waals surface area contributed by atoms with Crippen molar-refractivity contribution in [2.75, 3.05) is 18.4 Å². The van der Waals surface area contributed by atoms with Crippen LogP contribution in [-0.4, -0.2) is 34.9 Å². The second kappa shape index (κ2) is 5.60. The summed E-state index contributed by atoms with van der Waals surface area (Å²) in [6.45, 7) is 3.81. The van der Waals surface area contributed by atoms with Gasteiger partial charge in [0, 0.05) is 25.3 Å². The van der Waals surface area contributed by atoms with E-state index in [4.69, 9.17) is 11.6 Å². The lowest BCUT2D eigenvalue weighted by molar-refractivity contribution is 0.0703. The topological polar surface area (TPSA) is 45.2 Å². The lowest BCUT2D eigenvalue weighted by Crippen LogP contribution is -2.37. The lowest BCUT2D eigenvalue weighted by atomic mass is 10.1. The number of amides is 1. The first kappa shape index (κ1) is 13.7. The average molecular weight is 294 g/mol. The number of nitrogens with zero attached hydrogens (tertiary/aromatic N) is 2. The molecule has 4 nitrogen and oxygen atoms in total. The molecule has 2 unspecified atom stereocenters. The molecular formula is C15H20ClN3O. The molecule has 5 heteroatoms. The van der Waals surface area contributed by atoms with Crippen molar-refractivity contribution in [1.82, 2.24) is 9.88 Å². The van der Waals surface area contributed by atoms with Crippen LogP contribution >= 0.6 is 11.6 Å². The van der Waals surface area contributed by atoms with E-state index in [0.29, 0.717) is 28.4 Å². The van der Waals surface area contributed by atoms with Crippen molar-refractivity contribution in [2.24, 2.45) is 5.92 Å². The molecule has 0 spiro atoms. The van der Waals surface area contributed by atoms with Crippen LogP contribution in [0, 0.1) is 5.92 Å². The maximum Gasteiger partial charge on any atom is 0.255 e. The van der Waals surface area contributed by atoms with Crippen molar-refractivity contribution in [2.45, 2.75) is 38.6 Å². The summed E-state index contributed by atoms with van der Waals surface area (Å²) in [5, 5.41) is 3.68. The third-order valence-electron chi connectivity index (χ3n) is 4.30. The summed E-state index contributed by atoms with van der Waals surface area (Å²) in [5.74, 6) is 1.44. The number of carbonyl (C=O) groups excluding carboxylic acids is 1. The molecule has 2 aliphatic rings. The van der Waals surface area contributed by atoms with Crippen molar-refractivity contribution >= 4 is 23.3 Å². The van der Waals surface area contributed by atoms with Crippen molar-refractivity contribution in [3.8, 4) is 0 Å². The number of anilines is 1. The lowest BCUT2D eigenvalue weighted by Gasteiger charge is -2.27. The quantitative estimate of drug-likeness (QED) is 0.927. The molecule has 1 saturated heterocycles. The largest absolute Gasteiger partial charge is 0.369 e. The molecule has 2 heterocycles. The number of halogens is 1. The van der Waals surface area contributed by atoms with Crippen LogP contribution in [0.1, 0.15) is 43.0 Å². The van der Waals surface area contributed by atoms with Crippen molar-refractivity contribution < 1.29 is 4.79 Å². The standard InChI is InChI=1S/C15H20ClN3O/c1-2-5-17-14-13(16)7-11(8-18-14)15(20)19-9-10-3-4-12(19)6-10/h7-8,10,12H,2-6,9H2,1H3,(H,17,18).